The van der Waals surface area contributed by atoms with Crippen molar-refractivity contribution in [1.82, 2.24) is 4.31 Å². The quantitative estimate of drug-likeness (QED) is 0.823. The molecule has 1 aromatic carbocycles. The van der Waals surface area contributed by atoms with Crippen LogP contribution < -0.4 is 4.72 Å². The molecule has 0 atom stereocenters. The first-order chi connectivity index (χ1) is 8.47. The molecule has 0 radical (unpaired) electrons. The molecule has 1 heterocycles. The van der Waals surface area contributed by atoms with Gasteiger partial charge in [-0.25, -0.2) is 0 Å². The van der Waals surface area contributed by atoms with E-state index in [1.165, 1.54) is 16.4 Å². The Labute approximate surface area is 108 Å². The zero-order chi connectivity index (χ0) is 13.2. The van der Waals surface area contributed by atoms with E-state index in [1.807, 2.05) is 0 Å². The molecule has 0 saturated carbocycles. The Morgan fingerprint density at radius 2 is 1.78 bits per heavy atom. The number of phenols is 1. The first-order valence-electron chi connectivity index (χ1n) is 6.04. The maximum Gasteiger partial charge on any atom is 0.301 e. The summed E-state index contributed by atoms with van der Waals surface area (Å²) in [6.45, 7) is 3.26. The van der Waals surface area contributed by atoms with Crippen molar-refractivity contribution in [3.63, 3.8) is 0 Å². The number of rotatable bonds is 3. The zero-order valence-electron chi connectivity index (χ0n) is 10.3. The van der Waals surface area contributed by atoms with Gasteiger partial charge in [-0.1, -0.05) is 6.92 Å². The summed E-state index contributed by atoms with van der Waals surface area (Å²) in [5, 5.41) is 9.15. The first-order valence-corrected chi connectivity index (χ1v) is 7.48. The van der Waals surface area contributed by atoms with Gasteiger partial charge < -0.3 is 5.11 Å². The topological polar surface area (TPSA) is 69.6 Å². The molecule has 100 valence electrons. The van der Waals surface area contributed by atoms with E-state index in [1.54, 1.807) is 12.1 Å². The Bertz CT molecular complexity index is 491. The van der Waals surface area contributed by atoms with Crippen LogP contribution in [0.3, 0.4) is 0 Å². The summed E-state index contributed by atoms with van der Waals surface area (Å²) in [6.07, 6.45) is 1.80. The smallest absolute Gasteiger partial charge is 0.301 e. The number of benzene rings is 1. The molecule has 1 aliphatic heterocycles. The number of nitrogens with one attached hydrogen (secondary N) is 1. The average molecular weight is 270 g/mol. The molecule has 5 nitrogen and oxygen atoms in total. The largest absolute Gasteiger partial charge is 0.508 e. The predicted molar refractivity (Wildman–Crippen MR) is 70.6 cm³/mol. The second-order valence-corrected chi connectivity index (χ2v) is 6.41. The van der Waals surface area contributed by atoms with Gasteiger partial charge in [0.25, 0.3) is 0 Å². The maximum atomic E-state index is 12.1. The third-order valence-electron chi connectivity index (χ3n) is 3.20. The molecule has 6 heteroatoms. The lowest BCUT2D eigenvalue weighted by atomic mass is 10.0. The van der Waals surface area contributed by atoms with Crippen LogP contribution in [0.5, 0.6) is 5.75 Å². The van der Waals surface area contributed by atoms with Gasteiger partial charge >= 0.3 is 10.2 Å². The number of piperidine rings is 1. The highest BCUT2D eigenvalue weighted by Gasteiger charge is 2.26. The molecule has 18 heavy (non-hydrogen) atoms. The third kappa shape index (κ3) is 3.14. The van der Waals surface area contributed by atoms with Crippen LogP contribution in [0.1, 0.15) is 19.8 Å². The first kappa shape index (κ1) is 13.2. The van der Waals surface area contributed by atoms with Crippen molar-refractivity contribution in [3.05, 3.63) is 24.3 Å². The molecule has 0 amide bonds. The standard InChI is InChI=1S/C12H18N2O3S/c1-10-6-8-14(9-7-10)18(16,17)13-11-2-4-12(15)5-3-11/h2-5,10,13,15H,6-9H2,1H3. The minimum Gasteiger partial charge on any atom is -0.508 e. The number of anilines is 1. The lowest BCUT2D eigenvalue weighted by Gasteiger charge is -2.29. The number of aromatic hydroxyl groups is 1. The Morgan fingerprint density at radius 3 is 2.33 bits per heavy atom. The monoisotopic (exact) mass is 270 g/mol. The molecule has 0 unspecified atom stereocenters. The second-order valence-electron chi connectivity index (χ2n) is 4.74. The van der Waals surface area contributed by atoms with E-state index in [0.29, 0.717) is 24.7 Å². The van der Waals surface area contributed by atoms with E-state index in [-0.39, 0.29) is 5.75 Å². The summed E-state index contributed by atoms with van der Waals surface area (Å²) in [4.78, 5) is 0. The van der Waals surface area contributed by atoms with Gasteiger partial charge in [-0.15, -0.1) is 0 Å². The Balaban J connectivity index is 2.05. The second kappa shape index (κ2) is 5.16. The van der Waals surface area contributed by atoms with Crippen molar-refractivity contribution >= 4 is 15.9 Å². The van der Waals surface area contributed by atoms with Gasteiger partial charge in [-0.2, -0.15) is 12.7 Å². The zero-order valence-corrected chi connectivity index (χ0v) is 11.2. The summed E-state index contributed by atoms with van der Waals surface area (Å²) in [7, 11) is -3.47. The molecule has 0 spiro atoms. The van der Waals surface area contributed by atoms with Crippen LogP contribution in [0, 0.1) is 5.92 Å². The molecule has 1 saturated heterocycles. The fourth-order valence-corrected chi connectivity index (χ4v) is 3.22. The molecular formula is C12H18N2O3S. The van der Waals surface area contributed by atoms with Crippen LogP contribution in [0.2, 0.25) is 0 Å². The van der Waals surface area contributed by atoms with Crippen molar-refractivity contribution < 1.29 is 13.5 Å². The van der Waals surface area contributed by atoms with Crippen molar-refractivity contribution in [2.75, 3.05) is 17.8 Å². The van der Waals surface area contributed by atoms with Crippen LogP contribution >= 0.6 is 0 Å². The van der Waals surface area contributed by atoms with Gasteiger partial charge in [-0.3, -0.25) is 4.72 Å². The molecule has 1 aliphatic rings. The van der Waals surface area contributed by atoms with E-state index in [9.17, 15) is 8.42 Å². The van der Waals surface area contributed by atoms with Crippen LogP contribution in [-0.4, -0.2) is 30.9 Å². The van der Waals surface area contributed by atoms with E-state index in [4.69, 9.17) is 5.11 Å². The minimum atomic E-state index is -3.47. The molecule has 2 N–H and O–H groups in total. The number of nitrogens with zero attached hydrogens (tertiary/aromatic N) is 1. The van der Waals surface area contributed by atoms with E-state index in [2.05, 4.69) is 11.6 Å². The van der Waals surface area contributed by atoms with Crippen LogP contribution in [0.4, 0.5) is 5.69 Å². The normalized spacial score (nSPS) is 18.7. The fourth-order valence-electron chi connectivity index (χ4n) is 1.97. The maximum absolute atomic E-state index is 12.1. The summed E-state index contributed by atoms with van der Waals surface area (Å²) >= 11 is 0. The van der Waals surface area contributed by atoms with Gasteiger partial charge in [0.15, 0.2) is 0 Å². The van der Waals surface area contributed by atoms with E-state index in [0.717, 1.165) is 12.8 Å². The Hall–Kier alpha value is -1.27. The molecule has 0 bridgehead atoms. The number of hydrogen-bond donors (Lipinski definition) is 2. The summed E-state index contributed by atoms with van der Waals surface area (Å²) in [5.74, 6) is 0.704. The van der Waals surface area contributed by atoms with Crippen molar-refractivity contribution in [3.8, 4) is 5.75 Å². The summed E-state index contributed by atoms with van der Waals surface area (Å²) in [5.41, 5.74) is 0.464. The van der Waals surface area contributed by atoms with Gasteiger partial charge in [0.2, 0.25) is 0 Å². The Kier molecular flexibility index (Phi) is 3.77. The summed E-state index contributed by atoms with van der Waals surface area (Å²) in [6, 6.07) is 5.99. The lowest BCUT2D eigenvalue weighted by molar-refractivity contribution is 0.289. The van der Waals surface area contributed by atoms with E-state index < -0.39 is 10.2 Å². The highest BCUT2D eigenvalue weighted by atomic mass is 32.2. The highest BCUT2D eigenvalue weighted by molar-refractivity contribution is 7.90. The van der Waals surface area contributed by atoms with Gasteiger partial charge in [-0.05, 0) is 43.0 Å². The van der Waals surface area contributed by atoms with Crippen LogP contribution in [-0.2, 0) is 10.2 Å². The lowest BCUT2D eigenvalue weighted by Crippen LogP contribution is -2.41. The highest BCUT2D eigenvalue weighted by Crippen LogP contribution is 2.21. The Morgan fingerprint density at radius 1 is 1.22 bits per heavy atom. The molecule has 0 aliphatic carbocycles. The molecule has 2 rings (SSSR count). The van der Waals surface area contributed by atoms with Crippen molar-refractivity contribution in [1.29, 1.82) is 0 Å². The fraction of sp³-hybridized carbons (Fsp3) is 0.500. The van der Waals surface area contributed by atoms with Gasteiger partial charge in [0, 0.05) is 13.1 Å². The van der Waals surface area contributed by atoms with Crippen molar-refractivity contribution in [2.24, 2.45) is 5.92 Å². The number of hydrogen-bond acceptors (Lipinski definition) is 3. The van der Waals surface area contributed by atoms with Gasteiger partial charge in [0.05, 0.1) is 5.69 Å². The minimum absolute atomic E-state index is 0.116. The third-order valence-corrected chi connectivity index (χ3v) is 4.74. The van der Waals surface area contributed by atoms with Crippen LogP contribution in [0.15, 0.2) is 24.3 Å². The van der Waals surface area contributed by atoms with Crippen molar-refractivity contribution in [2.45, 2.75) is 19.8 Å². The van der Waals surface area contributed by atoms with E-state index >= 15 is 0 Å². The average Bonchev–Trinajstić information content (AvgIpc) is 2.32. The summed E-state index contributed by atoms with van der Waals surface area (Å²) < 4.78 is 28.2. The molecule has 1 aromatic rings. The van der Waals surface area contributed by atoms with Crippen LogP contribution in [0.25, 0.3) is 0 Å². The predicted octanol–water partition coefficient (Wildman–Crippen LogP) is 1.78. The molecule has 0 aromatic heterocycles. The molecular weight excluding hydrogens is 252 g/mol. The van der Waals surface area contributed by atoms with Gasteiger partial charge in [0.1, 0.15) is 5.75 Å². The number of phenolic OH excluding ortho intramolecular Hbond substituents is 1. The SMILES string of the molecule is CC1CCN(S(=O)(=O)Nc2ccc(O)cc2)CC1. The molecule has 1 fully saturated rings.